The minimum atomic E-state index is -1.28. The van der Waals surface area contributed by atoms with Crippen molar-refractivity contribution in [1.82, 2.24) is 5.32 Å². The van der Waals surface area contributed by atoms with Gasteiger partial charge in [0.05, 0.1) is 18.8 Å². The molecule has 5 N–H and O–H groups in total. The number of nitrogens with one attached hydrogen (secondary N) is 1. The molecule has 6 heteroatoms. The molecule has 1 amide bonds. The molecule has 418 valence electrons. The Hall–Kier alpha value is -0.950. The third-order valence-electron chi connectivity index (χ3n) is 15.5. The summed E-state index contributed by atoms with van der Waals surface area (Å²) in [4.78, 5) is 12.6. The number of hydrogen-bond donors (Lipinski definition) is 5. The van der Waals surface area contributed by atoms with Crippen LogP contribution < -0.4 is 5.32 Å². The van der Waals surface area contributed by atoms with Crippen LogP contribution in [-0.2, 0) is 4.79 Å². The van der Waals surface area contributed by atoms with Crippen molar-refractivity contribution < 1.29 is 25.2 Å². The van der Waals surface area contributed by atoms with E-state index in [0.29, 0.717) is 12.8 Å². The number of unbranched alkanes of at least 4 members (excludes halogenated alkanes) is 49. The summed E-state index contributed by atoms with van der Waals surface area (Å²) in [6.07, 6.45) is 71.7. The fourth-order valence-corrected chi connectivity index (χ4v) is 10.5. The van der Waals surface area contributed by atoms with Crippen LogP contribution in [0, 0.1) is 0 Å². The van der Waals surface area contributed by atoms with Crippen molar-refractivity contribution in [2.75, 3.05) is 6.61 Å². The topological polar surface area (TPSA) is 110 Å². The lowest BCUT2D eigenvalue weighted by atomic mass is 10.00. The molecule has 0 aromatic heterocycles. The van der Waals surface area contributed by atoms with Crippen LogP contribution in [0.3, 0.4) is 0 Å². The summed E-state index contributed by atoms with van der Waals surface area (Å²) in [6.45, 7) is 4.10. The van der Waals surface area contributed by atoms with Crippen molar-refractivity contribution >= 4 is 5.91 Å². The average molecular weight is 991 g/mol. The number of rotatable bonds is 60. The second-order valence-electron chi connectivity index (χ2n) is 22.5. The van der Waals surface area contributed by atoms with Gasteiger partial charge in [-0.25, -0.2) is 0 Å². The van der Waals surface area contributed by atoms with Gasteiger partial charge in [-0.05, 0) is 38.5 Å². The fraction of sp³-hybridized carbons (Fsp3) is 0.953. The maximum absolute atomic E-state index is 12.6. The smallest absolute Gasteiger partial charge is 0.249 e. The monoisotopic (exact) mass is 990 g/mol. The van der Waals surface area contributed by atoms with Crippen LogP contribution in [0.2, 0.25) is 0 Å². The molecule has 4 atom stereocenters. The standard InChI is InChI=1S/C64H127NO5/c1-3-5-7-9-11-13-15-17-19-21-23-25-27-29-30-31-32-34-36-38-40-42-44-46-48-50-52-54-56-58-62(68)64(70)65-60(59-66)63(69)61(67)57-55-53-51-49-47-45-43-41-39-37-35-33-28-26-24-22-20-18-16-14-12-10-8-6-4-2/h49,51,60-63,66-69H,3-48,50,52-59H2,1-2H3,(H,65,70)/b51-49+. The predicted octanol–water partition coefficient (Wildman–Crippen LogP) is 19.2. The van der Waals surface area contributed by atoms with Crippen LogP contribution >= 0.6 is 0 Å². The van der Waals surface area contributed by atoms with Gasteiger partial charge in [-0.3, -0.25) is 4.79 Å². The first-order valence-electron chi connectivity index (χ1n) is 32.1. The molecule has 0 saturated heterocycles. The van der Waals surface area contributed by atoms with Gasteiger partial charge in [-0.1, -0.05) is 334 Å². The Bertz CT molecular complexity index is 1020. The Morgan fingerprint density at radius 3 is 0.857 bits per heavy atom. The largest absolute Gasteiger partial charge is 0.394 e. The molecule has 0 fully saturated rings. The predicted molar refractivity (Wildman–Crippen MR) is 307 cm³/mol. The highest BCUT2D eigenvalue weighted by Crippen LogP contribution is 2.19. The van der Waals surface area contributed by atoms with E-state index in [2.05, 4.69) is 31.3 Å². The summed E-state index contributed by atoms with van der Waals surface area (Å²) < 4.78 is 0. The highest BCUT2D eigenvalue weighted by molar-refractivity contribution is 5.80. The Morgan fingerprint density at radius 1 is 0.343 bits per heavy atom. The molecule has 0 rings (SSSR count). The zero-order chi connectivity index (χ0) is 50.9. The van der Waals surface area contributed by atoms with Crippen LogP contribution in [0.25, 0.3) is 0 Å². The zero-order valence-corrected chi connectivity index (χ0v) is 47.6. The van der Waals surface area contributed by atoms with Crippen molar-refractivity contribution in [2.24, 2.45) is 0 Å². The lowest BCUT2D eigenvalue weighted by Gasteiger charge is -2.27. The van der Waals surface area contributed by atoms with Gasteiger partial charge in [0, 0.05) is 0 Å². The molecule has 0 aliphatic carbocycles. The molecule has 0 radical (unpaired) electrons. The zero-order valence-electron chi connectivity index (χ0n) is 47.6. The molecule has 0 bridgehead atoms. The van der Waals surface area contributed by atoms with E-state index in [9.17, 15) is 25.2 Å². The van der Waals surface area contributed by atoms with E-state index in [0.717, 1.165) is 38.5 Å². The molecule has 0 aromatic carbocycles. The maximum Gasteiger partial charge on any atom is 0.249 e. The van der Waals surface area contributed by atoms with Crippen molar-refractivity contribution in [2.45, 2.75) is 385 Å². The van der Waals surface area contributed by atoms with Gasteiger partial charge in [-0.15, -0.1) is 0 Å². The molecule has 0 aliphatic heterocycles. The van der Waals surface area contributed by atoms with Gasteiger partial charge in [0.1, 0.15) is 12.2 Å². The number of aliphatic hydroxyl groups excluding tert-OH is 4. The van der Waals surface area contributed by atoms with Gasteiger partial charge < -0.3 is 25.7 Å². The molecule has 0 spiro atoms. The van der Waals surface area contributed by atoms with Crippen LogP contribution in [0.15, 0.2) is 12.2 Å². The molecule has 0 saturated carbocycles. The Balaban J connectivity index is 3.57. The third-order valence-corrected chi connectivity index (χ3v) is 15.5. The summed E-state index contributed by atoms with van der Waals surface area (Å²) in [5.41, 5.74) is 0. The SMILES string of the molecule is CCCCCCCCCCCCCCCCCCCCCC/C=C/CCCC(O)C(O)C(CO)NC(=O)C(O)CCCCCCCCCCCCCCCCCCCCCCCCCCCCCCC. The molecule has 0 aliphatic rings. The van der Waals surface area contributed by atoms with Crippen molar-refractivity contribution in [3.63, 3.8) is 0 Å². The Morgan fingerprint density at radius 2 is 0.586 bits per heavy atom. The van der Waals surface area contributed by atoms with E-state index in [-0.39, 0.29) is 0 Å². The van der Waals surface area contributed by atoms with E-state index in [1.165, 1.54) is 295 Å². The highest BCUT2D eigenvalue weighted by Gasteiger charge is 2.28. The average Bonchev–Trinajstić information content (AvgIpc) is 3.36. The lowest BCUT2D eigenvalue weighted by molar-refractivity contribution is -0.132. The number of hydrogen-bond acceptors (Lipinski definition) is 5. The number of aliphatic hydroxyl groups is 4. The second kappa shape index (κ2) is 58.9. The fourth-order valence-electron chi connectivity index (χ4n) is 10.5. The summed E-state index contributed by atoms with van der Waals surface area (Å²) in [5, 5.41) is 44.1. The van der Waals surface area contributed by atoms with Crippen LogP contribution in [0.1, 0.15) is 361 Å². The third kappa shape index (κ3) is 51.9. The molecule has 70 heavy (non-hydrogen) atoms. The minimum absolute atomic E-state index is 0.369. The number of allylic oxidation sites excluding steroid dienone is 2. The Kier molecular flexibility index (Phi) is 58.1. The number of amides is 1. The Labute approximate surface area is 438 Å². The first-order chi connectivity index (χ1) is 34.5. The summed E-state index contributed by atoms with van der Waals surface area (Å²) >= 11 is 0. The van der Waals surface area contributed by atoms with Gasteiger partial charge in [0.15, 0.2) is 0 Å². The van der Waals surface area contributed by atoms with E-state index >= 15 is 0 Å². The summed E-state index contributed by atoms with van der Waals surface area (Å²) in [7, 11) is 0. The van der Waals surface area contributed by atoms with Crippen molar-refractivity contribution in [3.8, 4) is 0 Å². The van der Waals surface area contributed by atoms with E-state index < -0.39 is 36.9 Å². The molecule has 0 heterocycles. The van der Waals surface area contributed by atoms with Gasteiger partial charge in [0.25, 0.3) is 0 Å². The second-order valence-corrected chi connectivity index (χ2v) is 22.5. The van der Waals surface area contributed by atoms with Gasteiger partial charge in [0.2, 0.25) is 5.91 Å². The molecular weight excluding hydrogens is 863 g/mol. The van der Waals surface area contributed by atoms with Crippen LogP contribution in [-0.4, -0.2) is 57.3 Å². The maximum atomic E-state index is 12.6. The van der Waals surface area contributed by atoms with E-state index in [1.807, 2.05) is 0 Å². The lowest BCUT2D eigenvalue weighted by Crippen LogP contribution is -2.53. The quantitative estimate of drug-likeness (QED) is 0.0308. The summed E-state index contributed by atoms with van der Waals surface area (Å²) in [6, 6.07) is -1.000. The van der Waals surface area contributed by atoms with E-state index in [4.69, 9.17) is 0 Å². The molecule has 0 aromatic rings. The number of carbonyl (C=O) groups is 1. The van der Waals surface area contributed by atoms with Crippen LogP contribution in [0.5, 0.6) is 0 Å². The highest BCUT2D eigenvalue weighted by atomic mass is 16.3. The normalized spacial score (nSPS) is 13.6. The summed E-state index contributed by atoms with van der Waals surface area (Å²) in [5.74, 6) is -0.585. The molecular formula is C64H127NO5. The van der Waals surface area contributed by atoms with Crippen molar-refractivity contribution in [1.29, 1.82) is 0 Å². The minimum Gasteiger partial charge on any atom is -0.394 e. The van der Waals surface area contributed by atoms with Gasteiger partial charge >= 0.3 is 0 Å². The van der Waals surface area contributed by atoms with Gasteiger partial charge in [-0.2, -0.15) is 0 Å². The van der Waals surface area contributed by atoms with Crippen molar-refractivity contribution in [3.05, 3.63) is 12.2 Å². The first kappa shape index (κ1) is 69.0. The first-order valence-corrected chi connectivity index (χ1v) is 32.1. The number of carbonyl (C=O) groups excluding carboxylic acids is 1. The molecule has 4 unspecified atom stereocenters. The van der Waals surface area contributed by atoms with E-state index in [1.54, 1.807) is 0 Å². The van der Waals surface area contributed by atoms with Crippen LogP contribution in [0.4, 0.5) is 0 Å². The molecule has 6 nitrogen and oxygen atoms in total.